The molecule has 37 heavy (non-hydrogen) atoms. The van der Waals surface area contributed by atoms with E-state index >= 15 is 0 Å². The van der Waals surface area contributed by atoms with Crippen molar-refractivity contribution in [3.8, 4) is 17.2 Å². The van der Waals surface area contributed by atoms with E-state index < -0.39 is 37.9 Å². The van der Waals surface area contributed by atoms with E-state index in [0.717, 1.165) is 24.3 Å². The van der Waals surface area contributed by atoms with Crippen molar-refractivity contribution in [3.63, 3.8) is 0 Å². The van der Waals surface area contributed by atoms with Crippen LogP contribution in [0.5, 0.6) is 0 Å². The lowest BCUT2D eigenvalue weighted by Gasteiger charge is -2.20. The normalized spacial score (nSPS) is 12.6. The Labute approximate surface area is 207 Å². The van der Waals surface area contributed by atoms with Gasteiger partial charge in [0.15, 0.2) is 5.43 Å². The molecule has 5 aromatic rings. The fraction of sp³-hybridized carbons (Fsp3) is 0.154. The topological polar surface area (TPSA) is 95.7 Å². The second kappa shape index (κ2) is 8.18. The van der Waals surface area contributed by atoms with Crippen LogP contribution >= 0.6 is 0 Å². The van der Waals surface area contributed by atoms with Crippen LogP contribution in [0.3, 0.4) is 0 Å². The molecular weight excluding hydrogens is 510 g/mol. The maximum absolute atomic E-state index is 14.2. The van der Waals surface area contributed by atoms with Crippen molar-refractivity contribution in [3.05, 3.63) is 75.9 Å². The quantitative estimate of drug-likeness (QED) is 0.216. The van der Waals surface area contributed by atoms with Crippen molar-refractivity contribution in [2.24, 2.45) is 0 Å². The van der Waals surface area contributed by atoms with Crippen LogP contribution in [-0.4, -0.2) is 18.0 Å². The van der Waals surface area contributed by atoms with Gasteiger partial charge in [0.25, 0.3) is 0 Å². The number of alkyl halides is 3. The minimum absolute atomic E-state index is 0.175. The van der Waals surface area contributed by atoms with Gasteiger partial charge in [0.05, 0.1) is 33.0 Å². The Bertz CT molecular complexity index is 1960. The lowest BCUT2D eigenvalue weighted by molar-refractivity contribution is -0.137. The SMILES string of the molecule is CC(C)n1c2cc(-c3cccc(S(=O)(=O)F)c3)c(C(F)(F)F)cc2c(=O)c2c3ccc(C#N)cc3[nH]c21. The van der Waals surface area contributed by atoms with E-state index in [-0.39, 0.29) is 27.9 Å². The third-order valence-corrected chi connectivity index (χ3v) is 7.08. The molecule has 0 aliphatic heterocycles. The monoisotopic (exact) mass is 527 g/mol. The van der Waals surface area contributed by atoms with E-state index in [0.29, 0.717) is 22.1 Å². The van der Waals surface area contributed by atoms with Crippen LogP contribution in [0, 0.1) is 11.3 Å². The smallest absolute Gasteiger partial charge is 0.340 e. The first kappa shape index (κ1) is 24.5. The fourth-order valence-corrected chi connectivity index (χ4v) is 5.22. The number of nitrogens with zero attached hydrogens (tertiary/aromatic N) is 2. The summed E-state index contributed by atoms with van der Waals surface area (Å²) in [5.74, 6) is 0. The second-order valence-corrected chi connectivity index (χ2v) is 10.2. The van der Waals surface area contributed by atoms with Crippen molar-refractivity contribution >= 4 is 43.1 Å². The van der Waals surface area contributed by atoms with Crippen molar-refractivity contribution in [2.75, 3.05) is 0 Å². The van der Waals surface area contributed by atoms with E-state index in [4.69, 9.17) is 0 Å². The van der Waals surface area contributed by atoms with Gasteiger partial charge in [0.1, 0.15) is 5.65 Å². The van der Waals surface area contributed by atoms with E-state index in [1.54, 1.807) is 30.5 Å². The molecule has 1 N–H and O–H groups in total. The highest BCUT2D eigenvalue weighted by molar-refractivity contribution is 7.86. The molecule has 0 aliphatic carbocycles. The number of aromatic amines is 1. The number of hydrogen-bond donors (Lipinski definition) is 1. The molecule has 0 bridgehead atoms. The Kier molecular flexibility index (Phi) is 5.42. The number of aromatic nitrogens is 2. The Balaban J connectivity index is 1.98. The summed E-state index contributed by atoms with van der Waals surface area (Å²) in [6.07, 6.45) is -4.90. The second-order valence-electron chi connectivity index (χ2n) is 8.89. The minimum Gasteiger partial charge on any atom is -0.340 e. The number of rotatable bonds is 3. The van der Waals surface area contributed by atoms with E-state index in [2.05, 4.69) is 4.98 Å². The minimum atomic E-state index is -5.17. The Morgan fingerprint density at radius 3 is 2.38 bits per heavy atom. The molecular formula is C26H17F4N3O3S. The van der Waals surface area contributed by atoms with Crippen LogP contribution in [0.25, 0.3) is 44.0 Å². The van der Waals surface area contributed by atoms with E-state index in [1.807, 2.05) is 6.07 Å². The van der Waals surface area contributed by atoms with Gasteiger partial charge in [-0.3, -0.25) is 4.79 Å². The molecule has 0 atom stereocenters. The van der Waals surface area contributed by atoms with Gasteiger partial charge in [0.2, 0.25) is 0 Å². The summed E-state index contributed by atoms with van der Waals surface area (Å²) in [6, 6.07) is 12.4. The highest BCUT2D eigenvalue weighted by atomic mass is 32.3. The Morgan fingerprint density at radius 1 is 1.03 bits per heavy atom. The molecule has 0 unspecified atom stereocenters. The van der Waals surface area contributed by atoms with Crippen LogP contribution < -0.4 is 5.43 Å². The maximum Gasteiger partial charge on any atom is 0.417 e. The summed E-state index contributed by atoms with van der Waals surface area (Å²) in [5, 5.41) is 9.71. The number of halogens is 4. The van der Waals surface area contributed by atoms with Crippen LogP contribution in [0.15, 0.2) is 64.3 Å². The van der Waals surface area contributed by atoms with Gasteiger partial charge in [-0.05, 0) is 61.4 Å². The van der Waals surface area contributed by atoms with Crippen molar-refractivity contribution in [2.45, 2.75) is 31.0 Å². The predicted octanol–water partition coefficient (Wildman–Crippen LogP) is 6.43. The van der Waals surface area contributed by atoms with E-state index in [1.165, 1.54) is 18.2 Å². The lowest BCUT2D eigenvalue weighted by atomic mass is 9.95. The summed E-state index contributed by atoms with van der Waals surface area (Å²) in [6.45, 7) is 3.59. The highest BCUT2D eigenvalue weighted by Crippen LogP contribution is 2.41. The van der Waals surface area contributed by atoms with Crippen molar-refractivity contribution in [1.29, 1.82) is 5.26 Å². The zero-order chi connectivity index (χ0) is 26.9. The third kappa shape index (κ3) is 3.94. The molecule has 3 aromatic carbocycles. The molecule has 0 saturated carbocycles. The van der Waals surface area contributed by atoms with Gasteiger partial charge < -0.3 is 9.55 Å². The van der Waals surface area contributed by atoms with Crippen LogP contribution in [0.1, 0.15) is 31.0 Å². The summed E-state index contributed by atoms with van der Waals surface area (Å²) < 4.78 is 80.9. The zero-order valence-electron chi connectivity index (χ0n) is 19.3. The predicted molar refractivity (Wildman–Crippen MR) is 131 cm³/mol. The first-order valence-corrected chi connectivity index (χ1v) is 12.4. The molecule has 0 radical (unpaired) electrons. The molecule has 6 nitrogen and oxygen atoms in total. The fourth-order valence-electron chi connectivity index (χ4n) is 4.71. The lowest BCUT2D eigenvalue weighted by Crippen LogP contribution is -2.15. The summed E-state index contributed by atoms with van der Waals surface area (Å²) >= 11 is 0. The summed E-state index contributed by atoms with van der Waals surface area (Å²) in [5.41, 5.74) is -1.00. The van der Waals surface area contributed by atoms with E-state index in [9.17, 15) is 35.5 Å². The highest BCUT2D eigenvalue weighted by Gasteiger charge is 2.35. The molecule has 11 heteroatoms. The Morgan fingerprint density at radius 2 is 1.76 bits per heavy atom. The molecule has 2 heterocycles. The molecule has 0 saturated heterocycles. The molecule has 5 rings (SSSR count). The molecule has 2 aromatic heterocycles. The standard InChI is InChI=1S/C26H17F4N3O3S/c1-13(2)33-22-11-18(15-4-3-5-16(9-15)37(30,35)36)20(26(27,28)29)10-19(22)24(34)23-17-7-6-14(12-31)8-21(17)32-25(23)33/h3-11,13,32H,1-2H3. The van der Waals surface area contributed by atoms with Gasteiger partial charge in [-0.1, -0.05) is 18.2 Å². The van der Waals surface area contributed by atoms with Gasteiger partial charge in [-0.15, -0.1) is 3.89 Å². The maximum atomic E-state index is 14.2. The van der Waals surface area contributed by atoms with Gasteiger partial charge in [-0.25, -0.2) is 0 Å². The molecule has 188 valence electrons. The van der Waals surface area contributed by atoms with Crippen LogP contribution in [0.2, 0.25) is 0 Å². The van der Waals surface area contributed by atoms with Crippen molar-refractivity contribution < 1.29 is 25.5 Å². The molecule has 0 fully saturated rings. The number of nitriles is 1. The average Bonchev–Trinajstić information content (AvgIpc) is 3.20. The number of hydrogen-bond acceptors (Lipinski definition) is 4. The summed E-state index contributed by atoms with van der Waals surface area (Å²) in [4.78, 5) is 16.0. The zero-order valence-corrected chi connectivity index (χ0v) is 20.1. The van der Waals surface area contributed by atoms with Crippen molar-refractivity contribution in [1.82, 2.24) is 9.55 Å². The number of benzene rings is 3. The largest absolute Gasteiger partial charge is 0.417 e. The first-order valence-electron chi connectivity index (χ1n) is 11.0. The van der Waals surface area contributed by atoms with Crippen LogP contribution in [-0.2, 0) is 16.4 Å². The van der Waals surface area contributed by atoms with Gasteiger partial charge >= 0.3 is 16.4 Å². The number of H-pyrrole nitrogens is 1. The first-order chi connectivity index (χ1) is 17.3. The van der Waals surface area contributed by atoms with Crippen LogP contribution in [0.4, 0.5) is 17.1 Å². The summed E-state index contributed by atoms with van der Waals surface area (Å²) in [7, 11) is -5.17. The molecule has 0 amide bonds. The van der Waals surface area contributed by atoms with Gasteiger partial charge in [0, 0.05) is 22.3 Å². The third-order valence-electron chi connectivity index (χ3n) is 6.26. The number of pyridine rings is 1. The number of nitrogens with one attached hydrogen (secondary N) is 1. The number of fused-ring (bicyclic) bond motifs is 4. The molecule has 0 aliphatic rings. The Hall–Kier alpha value is -4.17. The average molecular weight is 527 g/mol. The van der Waals surface area contributed by atoms with Gasteiger partial charge in [-0.2, -0.15) is 26.9 Å². The molecule has 0 spiro atoms.